The van der Waals surface area contributed by atoms with Crippen LogP contribution in [-0.2, 0) is 9.53 Å². The monoisotopic (exact) mass is 283 g/mol. The van der Waals surface area contributed by atoms with Crippen LogP contribution in [-0.4, -0.2) is 31.7 Å². The van der Waals surface area contributed by atoms with Crippen molar-refractivity contribution in [2.75, 3.05) is 20.8 Å². The molecule has 0 aliphatic rings. The van der Waals surface area contributed by atoms with Crippen LogP contribution in [0.5, 0.6) is 11.5 Å². The number of rotatable bonds is 6. The predicted octanol–water partition coefficient (Wildman–Crippen LogP) is 2.18. The Morgan fingerprint density at radius 3 is 2.50 bits per heavy atom. The van der Waals surface area contributed by atoms with Gasteiger partial charge in [-0.15, -0.1) is 0 Å². The fraction of sp³-hybridized carbons (Fsp3) is 0.462. The summed E-state index contributed by atoms with van der Waals surface area (Å²) in [4.78, 5) is 21.9. The van der Waals surface area contributed by atoms with Crippen molar-refractivity contribution in [2.45, 2.75) is 13.8 Å². The second kappa shape index (κ2) is 6.23. The Balaban J connectivity index is 2.96. The maximum absolute atomic E-state index is 11.5. The molecule has 20 heavy (non-hydrogen) atoms. The van der Waals surface area contributed by atoms with Gasteiger partial charge in [0.15, 0.2) is 0 Å². The van der Waals surface area contributed by atoms with Crippen LogP contribution >= 0.6 is 0 Å². The van der Waals surface area contributed by atoms with Gasteiger partial charge in [-0.2, -0.15) is 0 Å². The molecule has 0 amide bonds. The van der Waals surface area contributed by atoms with Gasteiger partial charge in [0.05, 0.1) is 24.6 Å². The first-order valence-electron chi connectivity index (χ1n) is 5.85. The number of esters is 1. The molecular formula is C13H17NO6. The molecular weight excluding hydrogens is 266 g/mol. The van der Waals surface area contributed by atoms with E-state index < -0.39 is 16.3 Å². The fourth-order valence-corrected chi connectivity index (χ4v) is 1.48. The first kappa shape index (κ1) is 15.7. The van der Waals surface area contributed by atoms with Crippen LogP contribution in [0.4, 0.5) is 5.69 Å². The minimum atomic E-state index is -0.911. The lowest BCUT2D eigenvalue weighted by Crippen LogP contribution is -2.32. The highest BCUT2D eigenvalue weighted by molar-refractivity contribution is 5.76. The third-order valence-corrected chi connectivity index (χ3v) is 2.69. The van der Waals surface area contributed by atoms with Gasteiger partial charge in [0.1, 0.15) is 12.4 Å². The Labute approximate surface area is 116 Å². The van der Waals surface area contributed by atoms with Crippen molar-refractivity contribution in [3.05, 3.63) is 28.3 Å². The van der Waals surface area contributed by atoms with Crippen LogP contribution in [0.3, 0.4) is 0 Å². The van der Waals surface area contributed by atoms with Crippen LogP contribution in [0, 0.1) is 15.5 Å². The van der Waals surface area contributed by atoms with Crippen LogP contribution in [0.25, 0.3) is 0 Å². The molecule has 0 heterocycles. The zero-order valence-electron chi connectivity index (χ0n) is 11.8. The van der Waals surface area contributed by atoms with Crippen LogP contribution in [0.2, 0.25) is 0 Å². The van der Waals surface area contributed by atoms with E-state index in [0.29, 0.717) is 5.75 Å². The van der Waals surface area contributed by atoms with Gasteiger partial charge in [-0.05, 0) is 19.9 Å². The molecule has 0 aliphatic heterocycles. The maximum atomic E-state index is 11.5. The van der Waals surface area contributed by atoms with Gasteiger partial charge in [0, 0.05) is 12.1 Å². The largest absolute Gasteiger partial charge is 0.497 e. The molecule has 0 fully saturated rings. The summed E-state index contributed by atoms with van der Waals surface area (Å²) in [5.74, 6) is 0.0239. The highest BCUT2D eigenvalue weighted by Crippen LogP contribution is 2.32. The highest BCUT2D eigenvalue weighted by atomic mass is 16.6. The fourth-order valence-electron chi connectivity index (χ4n) is 1.48. The van der Waals surface area contributed by atoms with Crippen molar-refractivity contribution in [2.24, 2.45) is 5.41 Å². The molecule has 7 nitrogen and oxygen atoms in total. The molecule has 7 heteroatoms. The smallest absolute Gasteiger partial charge is 0.314 e. The molecule has 0 unspecified atom stereocenters. The van der Waals surface area contributed by atoms with Crippen molar-refractivity contribution < 1.29 is 23.9 Å². The second-order valence-electron chi connectivity index (χ2n) is 4.75. The summed E-state index contributed by atoms with van der Waals surface area (Å²) in [6, 6.07) is 4.17. The summed E-state index contributed by atoms with van der Waals surface area (Å²) >= 11 is 0. The summed E-state index contributed by atoms with van der Waals surface area (Å²) in [5, 5.41) is 10.9. The van der Waals surface area contributed by atoms with Gasteiger partial charge in [-0.1, -0.05) is 0 Å². The third kappa shape index (κ3) is 3.59. The minimum Gasteiger partial charge on any atom is -0.497 e. The number of methoxy groups -OCH3 is 2. The number of nitro groups is 1. The Morgan fingerprint density at radius 2 is 2.00 bits per heavy atom. The SMILES string of the molecule is COC(=O)C(C)(C)COc1cc(OC)ccc1[N+](=O)[O-]. The second-order valence-corrected chi connectivity index (χ2v) is 4.75. The topological polar surface area (TPSA) is 87.9 Å². The molecule has 0 aromatic heterocycles. The van der Waals surface area contributed by atoms with E-state index in [1.807, 2.05) is 0 Å². The number of carbonyl (C=O) groups is 1. The molecule has 0 N–H and O–H groups in total. The molecule has 1 rings (SSSR count). The number of hydrogen-bond acceptors (Lipinski definition) is 6. The number of benzene rings is 1. The Bertz CT molecular complexity index is 512. The molecule has 110 valence electrons. The maximum Gasteiger partial charge on any atom is 0.314 e. The van der Waals surface area contributed by atoms with Gasteiger partial charge in [-0.25, -0.2) is 0 Å². The molecule has 1 aromatic rings. The van der Waals surface area contributed by atoms with E-state index in [4.69, 9.17) is 9.47 Å². The number of hydrogen-bond donors (Lipinski definition) is 0. The standard InChI is InChI=1S/C13H17NO6/c1-13(2,12(15)19-4)8-20-11-7-9(18-3)5-6-10(11)14(16)17/h5-7H,8H2,1-4H3. The van der Waals surface area contributed by atoms with Gasteiger partial charge < -0.3 is 14.2 Å². The molecule has 0 bridgehead atoms. The zero-order valence-corrected chi connectivity index (χ0v) is 11.8. The summed E-state index contributed by atoms with van der Waals surface area (Å²) in [6.45, 7) is 3.21. The molecule has 0 saturated heterocycles. The zero-order chi connectivity index (χ0) is 15.3. The van der Waals surface area contributed by atoms with Crippen molar-refractivity contribution in [3.8, 4) is 11.5 Å². The first-order chi connectivity index (χ1) is 9.31. The van der Waals surface area contributed by atoms with E-state index in [0.717, 1.165) is 0 Å². The normalized spacial score (nSPS) is 10.8. The van der Waals surface area contributed by atoms with E-state index in [2.05, 4.69) is 4.74 Å². The lowest BCUT2D eigenvalue weighted by Gasteiger charge is -2.21. The van der Waals surface area contributed by atoms with Gasteiger partial charge in [-0.3, -0.25) is 14.9 Å². The molecule has 1 aromatic carbocycles. The van der Waals surface area contributed by atoms with Crippen LogP contribution in [0.15, 0.2) is 18.2 Å². The van der Waals surface area contributed by atoms with Gasteiger partial charge in [0.25, 0.3) is 0 Å². The van der Waals surface area contributed by atoms with Gasteiger partial charge in [0.2, 0.25) is 5.75 Å². The Kier molecular flexibility index (Phi) is 4.90. The average molecular weight is 283 g/mol. The van der Waals surface area contributed by atoms with Crippen LogP contribution in [0.1, 0.15) is 13.8 Å². The first-order valence-corrected chi connectivity index (χ1v) is 5.85. The summed E-state index contributed by atoms with van der Waals surface area (Å²) < 4.78 is 15.1. The van der Waals surface area contributed by atoms with Gasteiger partial charge >= 0.3 is 11.7 Å². The number of ether oxygens (including phenoxy) is 3. The summed E-state index contributed by atoms with van der Waals surface area (Å²) in [5.41, 5.74) is -1.10. The third-order valence-electron chi connectivity index (χ3n) is 2.69. The number of carbonyl (C=O) groups excluding carboxylic acids is 1. The van der Waals surface area contributed by atoms with E-state index in [1.54, 1.807) is 13.8 Å². The average Bonchev–Trinajstić information content (AvgIpc) is 2.43. The molecule has 0 atom stereocenters. The van der Waals surface area contributed by atoms with Crippen LogP contribution < -0.4 is 9.47 Å². The molecule has 0 radical (unpaired) electrons. The van der Waals surface area contributed by atoms with E-state index in [1.165, 1.54) is 32.4 Å². The van der Waals surface area contributed by atoms with Crippen molar-refractivity contribution in [1.29, 1.82) is 0 Å². The van der Waals surface area contributed by atoms with E-state index >= 15 is 0 Å². The molecule has 0 spiro atoms. The van der Waals surface area contributed by atoms with E-state index in [-0.39, 0.29) is 18.0 Å². The lowest BCUT2D eigenvalue weighted by atomic mass is 9.95. The highest BCUT2D eigenvalue weighted by Gasteiger charge is 2.31. The van der Waals surface area contributed by atoms with Crippen molar-refractivity contribution in [3.63, 3.8) is 0 Å². The molecule has 0 saturated carbocycles. The minimum absolute atomic E-state index is 0.0475. The summed E-state index contributed by atoms with van der Waals surface area (Å²) in [6.07, 6.45) is 0. The quantitative estimate of drug-likeness (QED) is 0.451. The lowest BCUT2D eigenvalue weighted by molar-refractivity contribution is -0.386. The van der Waals surface area contributed by atoms with Crippen molar-refractivity contribution >= 4 is 11.7 Å². The Hall–Kier alpha value is -2.31. The van der Waals surface area contributed by atoms with E-state index in [9.17, 15) is 14.9 Å². The predicted molar refractivity (Wildman–Crippen MR) is 70.9 cm³/mol. The number of nitro benzene ring substituents is 1. The Morgan fingerprint density at radius 1 is 1.35 bits per heavy atom. The molecule has 0 aliphatic carbocycles. The number of nitrogens with zero attached hydrogens (tertiary/aromatic N) is 1. The summed E-state index contributed by atoms with van der Waals surface area (Å²) in [7, 11) is 2.72. The van der Waals surface area contributed by atoms with Crippen molar-refractivity contribution in [1.82, 2.24) is 0 Å².